The number of amides is 2. The van der Waals surface area contributed by atoms with Gasteiger partial charge >= 0.3 is 0 Å². The van der Waals surface area contributed by atoms with E-state index in [2.05, 4.69) is 15.5 Å². The first kappa shape index (κ1) is 24.4. The molecule has 3 aromatic rings. The van der Waals surface area contributed by atoms with Crippen molar-refractivity contribution in [3.8, 4) is 11.4 Å². The van der Waals surface area contributed by atoms with Crippen LogP contribution in [0, 0.1) is 5.82 Å². The van der Waals surface area contributed by atoms with E-state index in [1.807, 2.05) is 62.7 Å². The first-order valence-corrected chi connectivity index (χ1v) is 11.4. The maximum Gasteiger partial charge on any atom is 0.240 e. The van der Waals surface area contributed by atoms with Crippen LogP contribution in [0.3, 0.4) is 0 Å². The Labute approximate surface area is 197 Å². The van der Waals surface area contributed by atoms with Gasteiger partial charge in [0.05, 0.1) is 5.25 Å². The molecule has 0 bridgehead atoms. The van der Waals surface area contributed by atoms with Crippen molar-refractivity contribution in [1.29, 1.82) is 0 Å². The van der Waals surface area contributed by atoms with E-state index in [1.54, 1.807) is 6.92 Å². The van der Waals surface area contributed by atoms with Gasteiger partial charge in [-0.2, -0.15) is 0 Å². The molecule has 1 heterocycles. The normalized spacial score (nSPS) is 12.3. The molecule has 0 saturated carbocycles. The molecular weight excluding hydrogens is 441 g/mol. The second-order valence-electron chi connectivity index (χ2n) is 8.69. The Hall–Kier alpha value is -3.20. The van der Waals surface area contributed by atoms with Gasteiger partial charge in [0.15, 0.2) is 11.0 Å². The molecule has 0 aliphatic rings. The summed E-state index contributed by atoms with van der Waals surface area (Å²) in [5.74, 6) is -0.319. The van der Waals surface area contributed by atoms with Gasteiger partial charge < -0.3 is 14.8 Å². The van der Waals surface area contributed by atoms with E-state index in [-0.39, 0.29) is 18.4 Å². The largest absolute Gasteiger partial charge is 0.350 e. The lowest BCUT2D eigenvalue weighted by molar-refractivity contribution is -0.124. The minimum atomic E-state index is -0.566. The highest BCUT2D eigenvalue weighted by Gasteiger charge is 2.28. The summed E-state index contributed by atoms with van der Waals surface area (Å²) in [4.78, 5) is 27.4. The van der Waals surface area contributed by atoms with Crippen LogP contribution in [0.25, 0.3) is 11.4 Å². The molecule has 3 rings (SSSR count). The van der Waals surface area contributed by atoms with E-state index in [4.69, 9.17) is 0 Å². The van der Waals surface area contributed by atoms with E-state index < -0.39 is 16.6 Å². The number of nitrogens with zero attached hydrogens (tertiary/aromatic N) is 4. The van der Waals surface area contributed by atoms with E-state index >= 15 is 0 Å². The Morgan fingerprint density at radius 2 is 1.73 bits per heavy atom. The zero-order chi connectivity index (χ0) is 24.2. The maximum atomic E-state index is 13.5. The molecule has 7 nitrogen and oxygen atoms in total. The van der Waals surface area contributed by atoms with Crippen LogP contribution >= 0.6 is 11.8 Å². The van der Waals surface area contributed by atoms with Crippen molar-refractivity contribution in [2.45, 2.75) is 43.6 Å². The highest BCUT2D eigenvalue weighted by molar-refractivity contribution is 8.00. The first-order chi connectivity index (χ1) is 15.5. The Morgan fingerprint density at radius 1 is 1.09 bits per heavy atom. The third kappa shape index (κ3) is 6.41. The smallest absolute Gasteiger partial charge is 0.240 e. The molecule has 1 aromatic heterocycles. The fraction of sp³-hybridized carbons (Fsp3) is 0.333. The second-order valence-corrected chi connectivity index (χ2v) is 10.00. The van der Waals surface area contributed by atoms with Crippen molar-refractivity contribution in [1.82, 2.24) is 20.1 Å². The number of thioether (sulfide) groups is 1. The van der Waals surface area contributed by atoms with Gasteiger partial charge in [0.1, 0.15) is 12.4 Å². The summed E-state index contributed by atoms with van der Waals surface area (Å²) in [6.07, 6.45) is 0. The minimum absolute atomic E-state index is 0.180. The fourth-order valence-corrected chi connectivity index (χ4v) is 4.08. The van der Waals surface area contributed by atoms with Crippen LogP contribution in [0.5, 0.6) is 0 Å². The Balaban J connectivity index is 1.81. The monoisotopic (exact) mass is 469 g/mol. The van der Waals surface area contributed by atoms with Gasteiger partial charge in [0, 0.05) is 23.8 Å². The lowest BCUT2D eigenvalue weighted by Gasteiger charge is -2.27. The van der Waals surface area contributed by atoms with Crippen molar-refractivity contribution in [2.24, 2.45) is 7.05 Å². The zero-order valence-electron chi connectivity index (χ0n) is 19.4. The molecular formula is C24H28FN5O2S. The molecule has 0 spiro atoms. The predicted octanol–water partition coefficient (Wildman–Crippen LogP) is 4.05. The minimum Gasteiger partial charge on any atom is -0.350 e. The van der Waals surface area contributed by atoms with Crippen LogP contribution in [-0.2, 0) is 16.6 Å². The number of anilines is 1. The van der Waals surface area contributed by atoms with Crippen molar-refractivity contribution in [2.75, 3.05) is 11.4 Å². The Kier molecular flexibility index (Phi) is 7.53. The summed E-state index contributed by atoms with van der Waals surface area (Å²) in [6.45, 7) is 7.17. The molecule has 1 N–H and O–H groups in total. The average molecular weight is 470 g/mol. The molecule has 0 saturated heterocycles. The molecule has 174 valence electrons. The summed E-state index contributed by atoms with van der Waals surface area (Å²) in [7, 11) is 1.84. The van der Waals surface area contributed by atoms with Gasteiger partial charge in [-0.05, 0) is 52.0 Å². The highest BCUT2D eigenvalue weighted by Crippen LogP contribution is 2.28. The molecule has 0 aliphatic heterocycles. The topological polar surface area (TPSA) is 80.1 Å². The SMILES string of the molecule is C[C@@H](Sc1nnc(-c2ccccc2)n1C)C(=O)N(CC(=O)NC(C)(C)C)c1ccc(F)cc1. The van der Waals surface area contributed by atoms with Crippen LogP contribution < -0.4 is 10.2 Å². The first-order valence-electron chi connectivity index (χ1n) is 10.5. The molecule has 1 atom stereocenters. The second kappa shape index (κ2) is 10.2. The van der Waals surface area contributed by atoms with Gasteiger partial charge in [0.2, 0.25) is 11.8 Å². The summed E-state index contributed by atoms with van der Waals surface area (Å²) >= 11 is 1.25. The number of rotatable bonds is 7. The molecule has 0 unspecified atom stereocenters. The van der Waals surface area contributed by atoms with E-state index in [1.165, 1.54) is 40.9 Å². The zero-order valence-corrected chi connectivity index (χ0v) is 20.2. The molecule has 2 amide bonds. The third-order valence-corrected chi connectivity index (χ3v) is 5.84. The number of benzene rings is 2. The lowest BCUT2D eigenvalue weighted by atomic mass is 10.1. The van der Waals surface area contributed by atoms with Gasteiger partial charge in [-0.3, -0.25) is 9.59 Å². The van der Waals surface area contributed by atoms with Crippen LogP contribution in [-0.4, -0.2) is 43.9 Å². The number of carbonyl (C=O) groups is 2. The van der Waals surface area contributed by atoms with E-state index in [0.29, 0.717) is 16.7 Å². The Morgan fingerprint density at radius 3 is 2.33 bits per heavy atom. The summed E-state index contributed by atoms with van der Waals surface area (Å²) < 4.78 is 15.3. The van der Waals surface area contributed by atoms with Gasteiger partial charge in [-0.1, -0.05) is 42.1 Å². The quantitative estimate of drug-likeness (QED) is 0.528. The van der Waals surface area contributed by atoms with Crippen LogP contribution in [0.15, 0.2) is 59.8 Å². The summed E-state index contributed by atoms with van der Waals surface area (Å²) in [5.41, 5.74) is 0.924. The van der Waals surface area contributed by atoms with Crippen molar-refractivity contribution < 1.29 is 14.0 Å². The fourth-order valence-electron chi connectivity index (χ4n) is 3.20. The Bertz CT molecular complexity index is 1110. The number of aromatic nitrogens is 3. The molecule has 0 aliphatic carbocycles. The number of carbonyl (C=O) groups excluding carboxylic acids is 2. The van der Waals surface area contributed by atoms with Crippen LogP contribution in [0.2, 0.25) is 0 Å². The highest BCUT2D eigenvalue weighted by atomic mass is 32.2. The van der Waals surface area contributed by atoms with E-state index in [9.17, 15) is 14.0 Å². The molecule has 2 aromatic carbocycles. The summed E-state index contributed by atoms with van der Waals surface area (Å²) in [5, 5.41) is 11.4. The number of hydrogen-bond donors (Lipinski definition) is 1. The predicted molar refractivity (Wildman–Crippen MR) is 128 cm³/mol. The van der Waals surface area contributed by atoms with Crippen LogP contribution in [0.1, 0.15) is 27.7 Å². The van der Waals surface area contributed by atoms with Crippen molar-refractivity contribution in [3.63, 3.8) is 0 Å². The van der Waals surface area contributed by atoms with Crippen molar-refractivity contribution >= 4 is 29.3 Å². The molecule has 0 radical (unpaired) electrons. The average Bonchev–Trinajstić information content (AvgIpc) is 3.11. The lowest BCUT2D eigenvalue weighted by Crippen LogP contribution is -2.48. The standard InChI is InChI=1S/C24H28FN5O2S/c1-16(33-23-28-27-21(29(23)5)17-9-7-6-8-10-17)22(32)30(15-20(31)26-24(2,3)4)19-13-11-18(25)12-14-19/h6-14,16H,15H2,1-5H3,(H,26,31)/t16-/m1/s1. The number of hydrogen-bond acceptors (Lipinski definition) is 5. The van der Waals surface area contributed by atoms with Gasteiger partial charge in [0.25, 0.3) is 0 Å². The maximum absolute atomic E-state index is 13.5. The van der Waals surface area contributed by atoms with Crippen molar-refractivity contribution in [3.05, 3.63) is 60.4 Å². The van der Waals surface area contributed by atoms with Gasteiger partial charge in [-0.15, -0.1) is 10.2 Å². The summed E-state index contributed by atoms with van der Waals surface area (Å²) in [6, 6.07) is 15.2. The third-order valence-electron chi connectivity index (χ3n) is 4.72. The number of halogens is 1. The number of nitrogens with one attached hydrogen (secondary N) is 1. The van der Waals surface area contributed by atoms with Crippen LogP contribution in [0.4, 0.5) is 10.1 Å². The molecule has 33 heavy (non-hydrogen) atoms. The molecule has 9 heteroatoms. The molecule has 0 fully saturated rings. The van der Waals surface area contributed by atoms with E-state index in [0.717, 1.165) is 5.56 Å². The van der Waals surface area contributed by atoms with Gasteiger partial charge in [-0.25, -0.2) is 4.39 Å².